The fourth-order valence-electron chi connectivity index (χ4n) is 4.07. The first kappa shape index (κ1) is 22.7. The Morgan fingerprint density at radius 1 is 1.21 bits per heavy atom. The van der Waals surface area contributed by atoms with E-state index in [2.05, 4.69) is 26.5 Å². The summed E-state index contributed by atoms with van der Waals surface area (Å²) in [7, 11) is 0. The highest BCUT2D eigenvalue weighted by Crippen LogP contribution is 2.35. The van der Waals surface area contributed by atoms with Gasteiger partial charge in [-0.1, -0.05) is 51.3 Å². The fourth-order valence-corrected chi connectivity index (χ4v) is 4.87. The highest BCUT2D eigenvalue weighted by atomic mass is 79.9. The number of aryl methyl sites for hydroxylation is 1. The van der Waals surface area contributed by atoms with Crippen molar-refractivity contribution in [2.75, 3.05) is 6.61 Å². The molecule has 0 amide bonds. The topological polar surface area (TPSA) is 48.3 Å². The summed E-state index contributed by atoms with van der Waals surface area (Å²) in [6, 6.07) is 10.6. The molecule has 1 aliphatic carbocycles. The van der Waals surface area contributed by atoms with Gasteiger partial charge in [-0.05, 0) is 62.4 Å². The molecule has 1 aromatic heterocycles. The van der Waals surface area contributed by atoms with Crippen molar-refractivity contribution >= 4 is 44.8 Å². The molecule has 1 N–H and O–H groups in total. The third kappa shape index (κ3) is 4.52. The second-order valence-corrected chi connectivity index (χ2v) is 10.1. The lowest BCUT2D eigenvalue weighted by atomic mass is 9.99. The Hall–Kier alpha value is -2.06. The molecule has 5 nitrogen and oxygen atoms in total. The summed E-state index contributed by atoms with van der Waals surface area (Å²) in [4.78, 5) is 5.78. The average Bonchev–Trinajstić information content (AvgIpc) is 3.35. The van der Waals surface area contributed by atoms with Gasteiger partial charge in [0.25, 0.3) is 0 Å². The molecule has 2 heterocycles. The highest BCUT2D eigenvalue weighted by molar-refractivity contribution is 9.10. The van der Waals surface area contributed by atoms with Gasteiger partial charge in [0.2, 0.25) is 0 Å². The largest absolute Gasteiger partial charge is 0.488 e. The van der Waals surface area contributed by atoms with E-state index >= 15 is 0 Å². The summed E-state index contributed by atoms with van der Waals surface area (Å²) in [5, 5.41) is 5.15. The first-order chi connectivity index (χ1) is 15.8. The van der Waals surface area contributed by atoms with Crippen molar-refractivity contribution in [1.29, 1.82) is 0 Å². The number of nitrogens with zero attached hydrogens (tertiary/aromatic N) is 2. The van der Waals surface area contributed by atoms with Crippen LogP contribution in [0.15, 0.2) is 46.9 Å². The van der Waals surface area contributed by atoms with E-state index in [4.69, 9.17) is 32.8 Å². The number of hydroxylamine groups is 1. The first-order valence-corrected chi connectivity index (χ1v) is 12.2. The molecule has 172 valence electrons. The predicted molar refractivity (Wildman–Crippen MR) is 130 cm³/mol. The molecule has 0 radical (unpaired) electrons. The molecule has 2 aliphatic rings. The molecular weight excluding hydrogens is 532 g/mol. The van der Waals surface area contributed by atoms with Gasteiger partial charge in [-0.15, -0.1) is 0 Å². The predicted octanol–water partition coefficient (Wildman–Crippen LogP) is 6.67. The number of fused-ring (bicyclic) bond motifs is 1. The van der Waals surface area contributed by atoms with E-state index in [0.717, 1.165) is 52.7 Å². The van der Waals surface area contributed by atoms with Crippen LogP contribution in [0.5, 0.6) is 5.75 Å². The standard InChI is InChI=1S/C24H21BrCl2FN3O2/c1-24(12-20(30-33-24)14-6-8-15(25)9-7-14)13-32-22-11-21(18(28)10-17(22)26)31-23(27)16-4-2-3-5-19(16)29-31/h6-12,30H,2-5,13H2,1H3. The molecule has 2 aromatic carbocycles. The minimum absolute atomic E-state index is 0.161. The minimum Gasteiger partial charge on any atom is -0.488 e. The van der Waals surface area contributed by atoms with Crippen molar-refractivity contribution in [3.8, 4) is 11.4 Å². The van der Waals surface area contributed by atoms with Gasteiger partial charge in [-0.25, -0.2) is 9.07 Å². The summed E-state index contributed by atoms with van der Waals surface area (Å²) in [6.07, 6.45) is 5.75. The SMILES string of the molecule is CC1(COc2cc(-n3nc4c(c3Cl)CCCC4)c(F)cc2Cl)C=C(c2ccc(Br)cc2)NO1. The van der Waals surface area contributed by atoms with E-state index < -0.39 is 11.4 Å². The lowest BCUT2D eigenvalue weighted by Gasteiger charge is -2.21. The molecule has 1 unspecified atom stereocenters. The minimum atomic E-state index is -0.747. The van der Waals surface area contributed by atoms with Gasteiger partial charge in [0.1, 0.15) is 28.8 Å². The van der Waals surface area contributed by atoms with Crippen LogP contribution in [-0.2, 0) is 17.7 Å². The van der Waals surface area contributed by atoms with Crippen molar-refractivity contribution in [3.05, 3.63) is 79.8 Å². The lowest BCUT2D eigenvalue weighted by Crippen LogP contribution is -2.33. The Kier molecular flexibility index (Phi) is 6.16. The Morgan fingerprint density at radius 2 is 1.97 bits per heavy atom. The van der Waals surface area contributed by atoms with Gasteiger partial charge in [0, 0.05) is 16.1 Å². The first-order valence-electron chi connectivity index (χ1n) is 10.6. The maximum absolute atomic E-state index is 14.8. The van der Waals surface area contributed by atoms with Crippen LogP contribution in [0.1, 0.15) is 36.6 Å². The molecular formula is C24H21BrCl2FN3O2. The van der Waals surface area contributed by atoms with Gasteiger partial charge >= 0.3 is 0 Å². The number of halogens is 4. The molecule has 9 heteroatoms. The number of aromatic nitrogens is 2. The van der Waals surface area contributed by atoms with E-state index in [-0.39, 0.29) is 17.3 Å². The zero-order chi connectivity index (χ0) is 23.2. The molecule has 0 fully saturated rings. The third-order valence-corrected chi connectivity index (χ3v) is 7.05. The van der Waals surface area contributed by atoms with Crippen molar-refractivity contribution < 1.29 is 14.0 Å². The van der Waals surface area contributed by atoms with Gasteiger partial charge in [0.15, 0.2) is 5.82 Å². The number of hydrogen-bond acceptors (Lipinski definition) is 4. The van der Waals surface area contributed by atoms with Gasteiger partial charge in [-0.3, -0.25) is 10.3 Å². The summed E-state index contributed by atoms with van der Waals surface area (Å²) < 4.78 is 23.3. The third-order valence-electron chi connectivity index (χ3n) is 5.84. The molecule has 0 spiro atoms. The number of rotatable bonds is 5. The normalized spacial score (nSPS) is 19.7. The maximum atomic E-state index is 14.8. The van der Waals surface area contributed by atoms with E-state index in [0.29, 0.717) is 10.9 Å². The van der Waals surface area contributed by atoms with Gasteiger partial charge in [-0.2, -0.15) is 5.10 Å². The highest BCUT2D eigenvalue weighted by Gasteiger charge is 2.32. The van der Waals surface area contributed by atoms with Crippen molar-refractivity contribution in [1.82, 2.24) is 15.3 Å². The second-order valence-electron chi connectivity index (χ2n) is 8.44. The van der Waals surface area contributed by atoms with E-state index in [1.165, 1.54) is 16.8 Å². The summed E-state index contributed by atoms with van der Waals surface area (Å²) >= 11 is 16.3. The molecule has 0 saturated heterocycles. The summed E-state index contributed by atoms with van der Waals surface area (Å²) in [5.74, 6) is -0.190. The van der Waals surface area contributed by atoms with Crippen LogP contribution in [0.25, 0.3) is 11.4 Å². The summed E-state index contributed by atoms with van der Waals surface area (Å²) in [6.45, 7) is 2.05. The van der Waals surface area contributed by atoms with Crippen LogP contribution in [-0.4, -0.2) is 22.0 Å². The Morgan fingerprint density at radius 3 is 2.73 bits per heavy atom. The zero-order valence-electron chi connectivity index (χ0n) is 17.8. The lowest BCUT2D eigenvalue weighted by molar-refractivity contribution is -0.0472. The average molecular weight is 553 g/mol. The Balaban J connectivity index is 1.39. The van der Waals surface area contributed by atoms with E-state index in [1.54, 1.807) is 0 Å². The molecule has 1 atom stereocenters. The monoisotopic (exact) mass is 551 g/mol. The van der Waals surface area contributed by atoms with Crippen LogP contribution in [0.4, 0.5) is 4.39 Å². The van der Waals surface area contributed by atoms with Crippen molar-refractivity contribution in [2.45, 2.75) is 38.2 Å². The van der Waals surface area contributed by atoms with Gasteiger partial charge < -0.3 is 4.74 Å². The molecule has 5 rings (SSSR count). The number of nitrogens with one attached hydrogen (secondary N) is 1. The van der Waals surface area contributed by atoms with Crippen LogP contribution >= 0.6 is 39.1 Å². The number of hydrogen-bond donors (Lipinski definition) is 1. The van der Waals surface area contributed by atoms with Crippen LogP contribution < -0.4 is 10.2 Å². The molecule has 0 saturated carbocycles. The second kappa shape index (κ2) is 8.95. The maximum Gasteiger partial charge on any atom is 0.150 e. The van der Waals surface area contributed by atoms with E-state index in [9.17, 15) is 4.39 Å². The molecule has 0 bridgehead atoms. The number of ether oxygens (including phenoxy) is 1. The molecule has 1 aliphatic heterocycles. The number of benzene rings is 2. The van der Waals surface area contributed by atoms with Crippen molar-refractivity contribution in [3.63, 3.8) is 0 Å². The van der Waals surface area contributed by atoms with Crippen LogP contribution in [0.3, 0.4) is 0 Å². The Labute approximate surface area is 209 Å². The van der Waals surface area contributed by atoms with Crippen LogP contribution in [0.2, 0.25) is 10.2 Å². The Bertz CT molecular complexity index is 1250. The smallest absolute Gasteiger partial charge is 0.150 e. The molecule has 3 aromatic rings. The fraction of sp³-hybridized carbons (Fsp3) is 0.292. The summed E-state index contributed by atoms with van der Waals surface area (Å²) in [5.41, 5.74) is 6.15. The van der Waals surface area contributed by atoms with Crippen LogP contribution in [0, 0.1) is 5.82 Å². The van der Waals surface area contributed by atoms with Crippen molar-refractivity contribution in [2.24, 2.45) is 0 Å². The van der Waals surface area contributed by atoms with Gasteiger partial charge in [0.05, 0.1) is 16.4 Å². The zero-order valence-corrected chi connectivity index (χ0v) is 20.9. The molecule has 33 heavy (non-hydrogen) atoms. The van der Waals surface area contributed by atoms with E-state index in [1.807, 2.05) is 37.3 Å². The quantitative estimate of drug-likeness (QED) is 0.384.